The Morgan fingerprint density at radius 2 is 1.86 bits per heavy atom. The van der Waals surface area contributed by atoms with Gasteiger partial charge in [-0.25, -0.2) is 0 Å². The van der Waals surface area contributed by atoms with Gasteiger partial charge >= 0.3 is 0 Å². The first-order chi connectivity index (χ1) is 13.3. The van der Waals surface area contributed by atoms with Gasteiger partial charge in [0.05, 0.1) is 44.4 Å². The molecule has 0 bridgehead atoms. The van der Waals surface area contributed by atoms with Crippen LogP contribution in [0.3, 0.4) is 0 Å². The second-order valence-electron chi connectivity index (χ2n) is 7.70. The van der Waals surface area contributed by atoms with Gasteiger partial charge < -0.3 is 14.2 Å². The Balaban J connectivity index is 2.02. The number of nitro groups is 1. The summed E-state index contributed by atoms with van der Waals surface area (Å²) >= 11 is 0. The van der Waals surface area contributed by atoms with Crippen LogP contribution in [0.1, 0.15) is 16.8 Å². The van der Waals surface area contributed by atoms with Gasteiger partial charge in [-0.05, 0) is 17.7 Å². The molecule has 2 aliphatic rings. The fourth-order valence-corrected chi connectivity index (χ4v) is 3.27. The molecule has 3 rings (SSSR count). The number of hydrogen-bond donors (Lipinski definition) is 1. The lowest BCUT2D eigenvalue weighted by molar-refractivity contribution is -0.870. The van der Waals surface area contributed by atoms with Crippen molar-refractivity contribution >= 4 is 11.6 Å². The number of carbonyl (C=O) groups excluding carboxylic acids is 1. The van der Waals surface area contributed by atoms with Crippen LogP contribution < -0.4 is 5.32 Å². The van der Waals surface area contributed by atoms with Gasteiger partial charge in [0.15, 0.2) is 11.3 Å². The number of nitrogens with zero attached hydrogens (tertiary/aromatic N) is 2. The Hall–Kier alpha value is -3.19. The van der Waals surface area contributed by atoms with Gasteiger partial charge in [0.2, 0.25) is 0 Å². The average Bonchev–Trinajstić information content (AvgIpc) is 3.00. The van der Waals surface area contributed by atoms with Gasteiger partial charge in [-0.1, -0.05) is 30.3 Å². The van der Waals surface area contributed by atoms with Crippen LogP contribution in [0.15, 0.2) is 53.1 Å². The summed E-state index contributed by atoms with van der Waals surface area (Å²) in [7, 11) is 6.22. The lowest BCUT2D eigenvalue weighted by atomic mass is 10.0. The summed E-state index contributed by atoms with van der Waals surface area (Å²) in [5.74, 6) is -0.257. The lowest BCUT2D eigenvalue weighted by Crippen LogP contribution is -2.37. The summed E-state index contributed by atoms with van der Waals surface area (Å²) in [6.07, 6.45) is 2.19. The Labute approximate surface area is 163 Å². The highest BCUT2D eigenvalue weighted by Gasteiger charge is 2.37. The summed E-state index contributed by atoms with van der Waals surface area (Å²) in [4.78, 5) is 24.3. The van der Waals surface area contributed by atoms with Gasteiger partial charge in [0, 0.05) is 18.5 Å². The molecular weight excluding hydrogens is 358 g/mol. The molecule has 0 saturated carbocycles. The smallest absolute Gasteiger partial charge is 0.294 e. The molecule has 1 aliphatic carbocycles. The summed E-state index contributed by atoms with van der Waals surface area (Å²) < 4.78 is 6.33. The van der Waals surface area contributed by atoms with Crippen molar-refractivity contribution in [3.63, 3.8) is 0 Å². The van der Waals surface area contributed by atoms with Crippen LogP contribution in [0.4, 0.5) is 5.69 Å². The third-order valence-corrected chi connectivity index (χ3v) is 4.51. The van der Waals surface area contributed by atoms with Gasteiger partial charge in [-0.15, -0.1) is 0 Å². The lowest BCUT2D eigenvalue weighted by Gasteiger charge is -2.23. The number of nitrogens with one attached hydrogen (secondary N) is 1. The molecule has 1 N–H and O–H groups in total. The minimum Gasteiger partial charge on any atom is -0.463 e. The van der Waals surface area contributed by atoms with Crippen molar-refractivity contribution in [2.45, 2.75) is 6.42 Å². The summed E-state index contributed by atoms with van der Waals surface area (Å²) in [6, 6.07) is 12.4. The monoisotopic (exact) mass is 382 g/mol. The van der Waals surface area contributed by atoms with E-state index < -0.39 is 10.8 Å². The van der Waals surface area contributed by atoms with Crippen LogP contribution >= 0.6 is 0 Å². The average molecular weight is 382 g/mol. The highest BCUT2D eigenvalue weighted by atomic mass is 16.6. The van der Waals surface area contributed by atoms with Crippen LogP contribution in [0, 0.1) is 10.1 Å². The maximum absolute atomic E-state index is 12.9. The first-order valence-corrected chi connectivity index (χ1v) is 9.11. The molecule has 0 unspecified atom stereocenters. The Bertz CT molecular complexity index is 958. The number of rotatable bonds is 7. The molecule has 7 heteroatoms. The fraction of sp³-hybridized carbons (Fsp3) is 0.286. The molecule has 0 spiro atoms. The highest BCUT2D eigenvalue weighted by molar-refractivity contribution is 6.11. The largest absolute Gasteiger partial charge is 0.463 e. The number of hydrogen-bond acceptors (Lipinski definition) is 4. The second kappa shape index (κ2) is 7.82. The van der Waals surface area contributed by atoms with Gasteiger partial charge in [0.1, 0.15) is 0 Å². The van der Waals surface area contributed by atoms with Crippen molar-refractivity contribution in [1.82, 2.24) is 5.32 Å². The molecule has 1 aromatic carbocycles. The quantitative estimate of drug-likeness (QED) is 0.292. The molecular formula is C21H24N3O4+. The molecule has 0 atom stereocenters. The van der Waals surface area contributed by atoms with Crippen molar-refractivity contribution in [3.8, 4) is 22.5 Å². The van der Waals surface area contributed by atoms with E-state index >= 15 is 0 Å². The molecule has 1 aliphatic heterocycles. The zero-order valence-electron chi connectivity index (χ0n) is 16.3. The molecule has 0 saturated heterocycles. The molecule has 0 radical (unpaired) electrons. The van der Waals surface area contributed by atoms with E-state index in [1.807, 2.05) is 18.2 Å². The van der Waals surface area contributed by atoms with E-state index in [2.05, 4.69) is 26.5 Å². The molecule has 146 valence electrons. The topological polar surface area (TPSA) is 85.4 Å². The number of quaternary nitrogens is 1. The van der Waals surface area contributed by atoms with Crippen molar-refractivity contribution in [2.75, 3.05) is 34.2 Å². The highest BCUT2D eigenvalue weighted by Crippen LogP contribution is 2.47. The third-order valence-electron chi connectivity index (χ3n) is 4.51. The van der Waals surface area contributed by atoms with Crippen LogP contribution in [-0.4, -0.2) is 49.5 Å². The van der Waals surface area contributed by atoms with Gasteiger partial charge in [0.25, 0.3) is 11.6 Å². The minimum atomic E-state index is -0.501. The van der Waals surface area contributed by atoms with E-state index in [1.54, 1.807) is 24.3 Å². The molecule has 1 amide bonds. The molecule has 28 heavy (non-hydrogen) atoms. The van der Waals surface area contributed by atoms with E-state index in [-0.39, 0.29) is 17.0 Å². The van der Waals surface area contributed by atoms with Crippen molar-refractivity contribution in [1.29, 1.82) is 0 Å². The van der Waals surface area contributed by atoms with Crippen molar-refractivity contribution < 1.29 is 18.6 Å². The number of carbonyl (C=O) groups is 1. The molecule has 7 nitrogen and oxygen atoms in total. The normalized spacial score (nSPS) is 11.5. The Morgan fingerprint density at radius 1 is 1.14 bits per heavy atom. The Kier molecular flexibility index (Phi) is 5.46. The van der Waals surface area contributed by atoms with Gasteiger partial charge in [-0.2, -0.15) is 0 Å². The van der Waals surface area contributed by atoms with E-state index in [1.165, 1.54) is 6.26 Å². The predicted molar refractivity (Wildman–Crippen MR) is 107 cm³/mol. The zero-order chi connectivity index (χ0) is 20.3. The van der Waals surface area contributed by atoms with Crippen LogP contribution in [0.5, 0.6) is 0 Å². The maximum atomic E-state index is 12.9. The fourth-order valence-electron chi connectivity index (χ4n) is 3.27. The standard InChI is InChI=1S/C21H23N3O4/c1-24(2,3)13-8-12-22-21(25)18-19(23(26)27)17(15-9-5-4-6-10-15)16-11-7-14-28-20(16)18/h4-7,9-11,14H,8,12-13H2,1-3H3/p+1. The second-order valence-corrected chi connectivity index (χ2v) is 7.70. The first-order valence-electron chi connectivity index (χ1n) is 9.11. The van der Waals surface area contributed by atoms with Crippen LogP contribution in [0.25, 0.3) is 22.5 Å². The number of amides is 1. The van der Waals surface area contributed by atoms with E-state index in [4.69, 9.17) is 4.42 Å². The molecule has 1 heterocycles. The predicted octanol–water partition coefficient (Wildman–Crippen LogP) is 3.79. The van der Waals surface area contributed by atoms with Gasteiger partial charge in [-0.3, -0.25) is 14.9 Å². The van der Waals surface area contributed by atoms with E-state index in [0.717, 1.165) is 17.4 Å². The van der Waals surface area contributed by atoms with E-state index in [0.29, 0.717) is 23.2 Å². The maximum Gasteiger partial charge on any atom is 0.294 e. The van der Waals surface area contributed by atoms with Crippen LogP contribution in [0.2, 0.25) is 0 Å². The number of fused-ring (bicyclic) bond motifs is 1. The molecule has 1 aromatic rings. The number of benzene rings is 1. The molecule has 0 aromatic heterocycles. The zero-order valence-corrected chi connectivity index (χ0v) is 16.3. The minimum absolute atomic E-state index is 0.0234. The van der Waals surface area contributed by atoms with E-state index in [9.17, 15) is 14.9 Å². The summed E-state index contributed by atoms with van der Waals surface area (Å²) in [5, 5.41) is 14.7. The Morgan fingerprint density at radius 3 is 2.50 bits per heavy atom. The third kappa shape index (κ3) is 4.04. The van der Waals surface area contributed by atoms with Crippen molar-refractivity contribution in [3.05, 3.63) is 64.4 Å². The molecule has 0 fully saturated rings. The SMILES string of the molecule is C[N+](C)(C)CCCNC(=O)c1c2occcc-2c(-c2ccccc2)c1[N+](=O)[O-]. The first kappa shape index (κ1) is 19.6. The summed E-state index contributed by atoms with van der Waals surface area (Å²) in [6.45, 7) is 1.31. The van der Waals surface area contributed by atoms with Crippen LogP contribution in [-0.2, 0) is 0 Å². The summed E-state index contributed by atoms with van der Waals surface area (Å²) in [5.41, 5.74) is 1.38. The van der Waals surface area contributed by atoms with Crippen molar-refractivity contribution in [2.24, 2.45) is 0 Å².